The monoisotopic (exact) mass is 1630 g/mol. The van der Waals surface area contributed by atoms with Gasteiger partial charge in [-0.25, -0.2) is 23.8 Å². The molecule has 8 amide bonds. The Bertz CT molecular complexity index is 6760. The summed E-state index contributed by atoms with van der Waals surface area (Å²) in [5, 5.41) is 4.65. The number of anilines is 8. The van der Waals surface area contributed by atoms with E-state index in [4.69, 9.17) is 111 Å². The standard InChI is InChI=1S/C22H21FN4O2S.3C21H20N4O2S/c1-13-11-14(8-10-18(13)24-4)26-20(29)22(2,3)27(21(26)30)15-7-9-16(17(23)12-15)19(28)25(5)6;3*1-13-12-16(10-11-17(13)22-4)24-19(27)21(2,3)25(20(24)28)15-8-6-14(7-9-15)18(26)23-5/h7-12H,1-3,5-6H3;3*6-12H,1-3,5H3,(H,23,26)/i;5D3,6D,7D,8D,9D,10D,12D;2D3,3D3,5D3,6D;2D3,3D3,6D. The van der Waals surface area contributed by atoms with Crippen LogP contribution in [0.15, 0.2) is 164 Å². The van der Waals surface area contributed by atoms with Crippen molar-refractivity contribution in [2.75, 3.05) is 74.3 Å². The Labute approximate surface area is 720 Å². The van der Waals surface area contributed by atoms with Gasteiger partial charge in [-0.05, 0) is 293 Å². The minimum atomic E-state index is -3.47. The van der Waals surface area contributed by atoms with Crippen molar-refractivity contribution in [1.82, 2.24) is 20.9 Å². The molecule has 4 heterocycles. The summed E-state index contributed by atoms with van der Waals surface area (Å²) in [6.45, 7) is 22.0. The average Bonchev–Trinajstić information content (AvgIpc) is 1.52. The second-order valence-corrected chi connectivity index (χ2v) is 27.7. The minimum Gasteiger partial charge on any atom is -0.355 e. The number of benzene rings is 8. The van der Waals surface area contributed by atoms with E-state index in [-0.39, 0.29) is 90.8 Å². The Morgan fingerprint density at radius 2 is 0.754 bits per heavy atom. The van der Waals surface area contributed by atoms with Crippen molar-refractivity contribution in [3.63, 3.8) is 0 Å². The van der Waals surface area contributed by atoms with Crippen molar-refractivity contribution in [3.05, 3.63) is 260 Å². The number of carbonyl (C=O) groups is 8. The number of thiocarbonyl (C=S) groups is 4. The van der Waals surface area contributed by atoms with Crippen LogP contribution < -0.4 is 55.1 Å². The Hall–Kier alpha value is -13.0. The van der Waals surface area contributed by atoms with E-state index in [0.717, 1.165) is 54.3 Å². The fourth-order valence-electron chi connectivity index (χ4n) is 11.8. The number of aryl methyl sites for hydroxylation is 3. The first-order valence-corrected chi connectivity index (χ1v) is 34.8. The zero-order valence-electron chi connectivity index (χ0n) is 88.1. The summed E-state index contributed by atoms with van der Waals surface area (Å²) in [5.41, 5.74) is -7.38. The van der Waals surface area contributed by atoms with Crippen molar-refractivity contribution in [1.29, 1.82) is 0 Å². The molecule has 0 saturated carbocycles. The molecule has 4 aliphatic heterocycles. The van der Waals surface area contributed by atoms with Gasteiger partial charge >= 0.3 is 0 Å². The van der Waals surface area contributed by atoms with Crippen LogP contribution in [0.5, 0.6) is 0 Å². The molecule has 4 fully saturated rings. The largest absolute Gasteiger partial charge is 0.355 e. The molecule has 114 heavy (non-hydrogen) atoms. The lowest BCUT2D eigenvalue weighted by Gasteiger charge is -2.29. The number of hydrogen-bond acceptors (Lipinski definition) is 12. The molecule has 0 aliphatic carbocycles. The van der Waals surface area contributed by atoms with Gasteiger partial charge in [0, 0.05) is 122 Å². The summed E-state index contributed by atoms with van der Waals surface area (Å²) < 4.78 is 223. The van der Waals surface area contributed by atoms with Crippen LogP contribution in [-0.4, -0.2) is 130 Å². The number of rotatable bonds is 12. The number of nitrogens with one attached hydrogen (secondary N) is 3. The van der Waals surface area contributed by atoms with Gasteiger partial charge in [0.15, 0.2) is 43.2 Å². The molecule has 8 aromatic rings. The van der Waals surface area contributed by atoms with E-state index in [1.165, 1.54) is 104 Å². The van der Waals surface area contributed by atoms with Crippen LogP contribution in [-0.2, 0) is 19.2 Å². The number of halogens is 1. The van der Waals surface area contributed by atoms with Crippen molar-refractivity contribution in [2.45, 2.75) is 105 Å². The molecule has 29 heteroatoms. The highest BCUT2D eigenvalue weighted by molar-refractivity contribution is 7.81. The number of amides is 8. The highest BCUT2D eigenvalue weighted by Crippen LogP contribution is 2.43. The molecular formula is C85H81FN16O8S4. The number of hydrogen-bond donors (Lipinski definition) is 3. The third-order valence-electron chi connectivity index (χ3n) is 17.8. The van der Waals surface area contributed by atoms with Gasteiger partial charge in [0.1, 0.15) is 28.0 Å². The van der Waals surface area contributed by atoms with Crippen LogP contribution in [0, 0.1) is 59.8 Å². The van der Waals surface area contributed by atoms with Gasteiger partial charge < -0.3 is 40.4 Å². The summed E-state index contributed by atoms with van der Waals surface area (Å²) >= 11 is 22.0. The van der Waals surface area contributed by atoms with Gasteiger partial charge in [0.25, 0.3) is 47.3 Å². The molecular weight excluding hydrogens is 1520 g/mol. The Morgan fingerprint density at radius 1 is 0.412 bits per heavy atom. The highest BCUT2D eigenvalue weighted by atomic mass is 32.1. The van der Waals surface area contributed by atoms with Crippen molar-refractivity contribution < 1.29 is 78.4 Å². The fourth-order valence-corrected chi connectivity index (χ4v) is 13.7. The third kappa shape index (κ3) is 16.0. The zero-order valence-corrected chi connectivity index (χ0v) is 65.3. The van der Waals surface area contributed by atoms with Gasteiger partial charge in [0.2, 0.25) is 0 Å². The smallest absolute Gasteiger partial charge is 0.259 e. The lowest BCUT2D eigenvalue weighted by atomic mass is 10.0. The van der Waals surface area contributed by atoms with Gasteiger partial charge in [-0.15, -0.1) is 0 Å². The number of carbonyl (C=O) groups excluding carboxylic acids is 8. The molecule has 3 N–H and O–H groups in total. The quantitative estimate of drug-likeness (QED) is 0.0765. The summed E-state index contributed by atoms with van der Waals surface area (Å²) in [4.78, 5) is 126. The second kappa shape index (κ2) is 33.5. The van der Waals surface area contributed by atoms with Crippen LogP contribution in [0.2, 0.25) is 0 Å². The Kier molecular flexibility index (Phi) is 16.3. The topological polar surface area (TPSA) is 219 Å². The van der Waals surface area contributed by atoms with Crippen molar-refractivity contribution >= 4 is 185 Å². The van der Waals surface area contributed by atoms with Gasteiger partial charge in [-0.3, -0.25) is 58.0 Å². The van der Waals surface area contributed by atoms with Crippen molar-refractivity contribution in [3.8, 4) is 0 Å². The molecule has 0 atom stereocenters. The Balaban J connectivity index is 0.000000209. The van der Waals surface area contributed by atoms with Gasteiger partial charge in [0.05, 0.1) is 42.8 Å². The molecule has 0 radical (unpaired) electrons. The van der Waals surface area contributed by atoms with E-state index in [0.29, 0.717) is 38.8 Å². The SMILES string of the molecule is [2H]c1cc(N2C(=S)N(c3ccc([N+]#[C-])c(C)c3)C(=O)C2(C([2H])([2H])[2H])C([2H])([2H])[2H])ccc1C(=O)NC.[2H]c1cc(N2C(=S)N(c3ccc([N+]#[C-])c(C)c3)C(=O)C2(C([2H])([2H])[2H])C([2H])([2H])[2H])ccc1C(=O)NC([2H])([2H])[2H].[2H]c1cc([N+]#[C-])c(C)c([2H])c1N1C(=O)C(C)(C)N(c2c([2H])c([2H])c(C(=O)NC([2H])([2H])[2H])c([2H])c2[2H])C1=S.[C-]#[N+]c1ccc(N2C(=O)C(C)(C)N(c3ccc(C(=O)N(C)C)c(F)c3)C2=S)cc1C. The summed E-state index contributed by atoms with van der Waals surface area (Å²) in [5.74, 6) is -7.81. The maximum Gasteiger partial charge on any atom is 0.259 e. The molecule has 12 rings (SSSR count). The highest BCUT2D eigenvalue weighted by Gasteiger charge is 2.54. The van der Waals surface area contributed by atoms with Gasteiger partial charge in [-0.1, -0.05) is 24.3 Å². The van der Waals surface area contributed by atoms with E-state index in [9.17, 15) is 42.7 Å². The van der Waals surface area contributed by atoms with E-state index in [1.807, 2.05) is 0 Å². The van der Waals surface area contributed by atoms with Crippen LogP contribution in [0.4, 0.5) is 72.6 Å². The molecule has 0 unspecified atom stereocenters. The minimum absolute atomic E-state index is 0.0325. The van der Waals surface area contributed by atoms with E-state index >= 15 is 0 Å². The normalized spacial score (nSPS) is 19.5. The molecule has 0 spiro atoms. The first kappa shape index (κ1) is 55.4. The van der Waals surface area contributed by atoms with Crippen molar-refractivity contribution in [2.24, 2.45) is 0 Å². The number of nitrogens with zero attached hydrogens (tertiary/aromatic N) is 13. The second-order valence-electron chi connectivity index (χ2n) is 26.2. The van der Waals surface area contributed by atoms with Crippen LogP contribution in [0.25, 0.3) is 19.4 Å². The third-order valence-corrected chi connectivity index (χ3v) is 19.3. The maximum atomic E-state index is 14.7. The van der Waals surface area contributed by atoms with E-state index in [1.54, 1.807) is 88.5 Å². The van der Waals surface area contributed by atoms with Crippen LogP contribution in [0.3, 0.4) is 0 Å². The molecule has 0 bridgehead atoms. The molecule has 0 aromatic heterocycles. The molecule has 4 saturated heterocycles. The first-order valence-electron chi connectivity index (χ1n) is 46.2. The molecule has 8 aromatic carbocycles. The summed E-state index contributed by atoms with van der Waals surface area (Å²) in [6, 6.07) is 20.6. The lowest BCUT2D eigenvalue weighted by Crippen LogP contribution is -2.44. The molecule has 24 nitrogen and oxygen atoms in total. The fraction of sp³-hybridized carbons (Fsp3) is 0.247. The Morgan fingerprint density at radius 3 is 1.11 bits per heavy atom. The molecule has 4 aliphatic rings. The van der Waals surface area contributed by atoms with Crippen LogP contribution >= 0.6 is 48.9 Å². The first-order chi connectivity index (χ1) is 64.3. The predicted octanol–water partition coefficient (Wildman–Crippen LogP) is 15.8. The predicted molar refractivity (Wildman–Crippen MR) is 460 cm³/mol. The summed E-state index contributed by atoms with van der Waals surface area (Å²) in [6.07, 6.45) is 0. The van der Waals surface area contributed by atoms with Gasteiger partial charge in [-0.2, -0.15) is 0 Å². The summed E-state index contributed by atoms with van der Waals surface area (Å²) in [7, 11) is 4.47. The van der Waals surface area contributed by atoms with E-state index in [2.05, 4.69) is 24.7 Å². The molecule has 580 valence electrons. The zero-order chi connectivity index (χ0) is 106. The maximum absolute atomic E-state index is 14.7. The lowest BCUT2D eigenvalue weighted by molar-refractivity contribution is -0.121. The van der Waals surface area contributed by atoms with Crippen LogP contribution in [0.1, 0.15) is 154 Å². The average molecular weight is 1630 g/mol. The van der Waals surface area contributed by atoms with E-state index < -0.39 is 168 Å².